The molecule has 2 aromatic rings. The molecule has 0 saturated heterocycles. The minimum absolute atomic E-state index is 0.0616. The third kappa shape index (κ3) is 3.23. The normalized spacial score (nSPS) is 16.0. The molecule has 0 radical (unpaired) electrons. The number of halogens is 2. The lowest BCUT2D eigenvalue weighted by atomic mass is 9.99. The predicted molar refractivity (Wildman–Crippen MR) is 91.8 cm³/mol. The number of thiophene rings is 1. The fourth-order valence-electron chi connectivity index (χ4n) is 2.48. The lowest BCUT2D eigenvalue weighted by molar-refractivity contribution is -0.116. The van der Waals surface area contributed by atoms with Gasteiger partial charge in [-0.05, 0) is 68.0 Å². The molecule has 1 aliphatic rings. The summed E-state index contributed by atoms with van der Waals surface area (Å²) in [6, 6.07) is 7.66. The first-order valence-electron chi connectivity index (χ1n) is 6.60. The molecule has 1 amide bonds. The molecule has 1 unspecified atom stereocenters. The molecule has 1 aromatic heterocycles. The lowest BCUT2D eigenvalue weighted by Crippen LogP contribution is -2.09. The van der Waals surface area contributed by atoms with Gasteiger partial charge in [0.15, 0.2) is 0 Å². The molecule has 0 bridgehead atoms. The maximum absolute atomic E-state index is 11.6. The van der Waals surface area contributed by atoms with E-state index >= 15 is 0 Å². The van der Waals surface area contributed by atoms with Gasteiger partial charge in [-0.15, -0.1) is 11.3 Å². The van der Waals surface area contributed by atoms with E-state index in [0.29, 0.717) is 6.42 Å². The van der Waals surface area contributed by atoms with Crippen molar-refractivity contribution in [3.8, 4) is 0 Å². The van der Waals surface area contributed by atoms with Crippen LogP contribution in [0.3, 0.4) is 0 Å². The van der Waals surface area contributed by atoms with Crippen LogP contribution in [0.1, 0.15) is 35.6 Å². The standard InChI is InChI=1S/C15H13Br2NO2S/c16-12-7-10(15(17)21-12)14(20)9-4-5-11-8(6-9)2-1-3-13(19)18-11/h4-7,14,20H,1-3H2,(H,18,19). The van der Waals surface area contributed by atoms with Crippen LogP contribution >= 0.6 is 43.2 Å². The van der Waals surface area contributed by atoms with Gasteiger partial charge in [-0.25, -0.2) is 0 Å². The van der Waals surface area contributed by atoms with Crippen molar-refractivity contribution < 1.29 is 9.90 Å². The molecular formula is C15H13Br2NO2S. The number of aliphatic hydroxyl groups is 1. The summed E-state index contributed by atoms with van der Waals surface area (Å²) in [7, 11) is 0. The summed E-state index contributed by atoms with van der Waals surface area (Å²) in [6.45, 7) is 0. The van der Waals surface area contributed by atoms with Crippen LogP contribution in [0.4, 0.5) is 5.69 Å². The van der Waals surface area contributed by atoms with Gasteiger partial charge >= 0.3 is 0 Å². The highest BCUT2D eigenvalue weighted by atomic mass is 79.9. The van der Waals surface area contributed by atoms with Gasteiger partial charge in [0.1, 0.15) is 6.10 Å². The minimum atomic E-state index is -0.675. The van der Waals surface area contributed by atoms with E-state index in [-0.39, 0.29) is 5.91 Å². The zero-order valence-electron chi connectivity index (χ0n) is 11.0. The van der Waals surface area contributed by atoms with Crippen LogP contribution in [0, 0.1) is 0 Å². The Balaban J connectivity index is 1.95. The van der Waals surface area contributed by atoms with Crippen molar-refractivity contribution in [3.63, 3.8) is 0 Å². The predicted octanol–water partition coefficient (Wildman–Crippen LogP) is 4.63. The van der Waals surface area contributed by atoms with Crippen LogP contribution in [0.15, 0.2) is 31.8 Å². The van der Waals surface area contributed by atoms with Gasteiger partial charge in [0.05, 0.1) is 7.57 Å². The van der Waals surface area contributed by atoms with Crippen molar-refractivity contribution in [1.29, 1.82) is 0 Å². The second-order valence-electron chi connectivity index (χ2n) is 5.00. The van der Waals surface area contributed by atoms with E-state index in [0.717, 1.165) is 42.8 Å². The zero-order chi connectivity index (χ0) is 15.0. The van der Waals surface area contributed by atoms with Crippen molar-refractivity contribution in [3.05, 3.63) is 48.5 Å². The van der Waals surface area contributed by atoms with Gasteiger partial charge in [-0.3, -0.25) is 4.79 Å². The number of carbonyl (C=O) groups is 1. The maximum atomic E-state index is 11.6. The van der Waals surface area contributed by atoms with Gasteiger partial charge in [0.25, 0.3) is 0 Å². The summed E-state index contributed by atoms with van der Waals surface area (Å²) in [4.78, 5) is 11.6. The monoisotopic (exact) mass is 429 g/mol. The molecule has 110 valence electrons. The number of nitrogens with one attached hydrogen (secondary N) is 1. The average Bonchev–Trinajstić information content (AvgIpc) is 2.67. The molecule has 1 aliphatic heterocycles. The molecule has 2 N–H and O–H groups in total. The quantitative estimate of drug-likeness (QED) is 0.729. The molecule has 0 fully saturated rings. The van der Waals surface area contributed by atoms with Crippen LogP contribution in [-0.2, 0) is 11.2 Å². The van der Waals surface area contributed by atoms with E-state index in [2.05, 4.69) is 37.2 Å². The highest BCUT2D eigenvalue weighted by Crippen LogP contribution is 2.38. The maximum Gasteiger partial charge on any atom is 0.224 e. The summed E-state index contributed by atoms with van der Waals surface area (Å²) < 4.78 is 1.90. The summed E-state index contributed by atoms with van der Waals surface area (Å²) >= 11 is 8.45. The van der Waals surface area contributed by atoms with E-state index in [9.17, 15) is 9.90 Å². The van der Waals surface area contributed by atoms with E-state index < -0.39 is 6.10 Å². The molecule has 21 heavy (non-hydrogen) atoms. The first-order valence-corrected chi connectivity index (χ1v) is 9.00. The zero-order valence-corrected chi connectivity index (χ0v) is 15.0. The molecule has 6 heteroatoms. The lowest BCUT2D eigenvalue weighted by Gasteiger charge is -2.14. The van der Waals surface area contributed by atoms with Crippen molar-refractivity contribution in [2.45, 2.75) is 25.4 Å². The number of hydrogen-bond donors (Lipinski definition) is 2. The Labute approximate surface area is 143 Å². The van der Waals surface area contributed by atoms with Crippen LogP contribution in [0.25, 0.3) is 0 Å². The van der Waals surface area contributed by atoms with E-state index in [4.69, 9.17) is 0 Å². The van der Waals surface area contributed by atoms with Crippen LogP contribution in [0.2, 0.25) is 0 Å². The van der Waals surface area contributed by atoms with E-state index in [1.807, 2.05) is 24.3 Å². The molecule has 0 spiro atoms. The SMILES string of the molecule is O=C1CCCc2cc(C(O)c3cc(Br)sc3Br)ccc2N1. The second-order valence-corrected chi connectivity index (χ2v) is 8.75. The number of anilines is 1. The van der Waals surface area contributed by atoms with Crippen molar-refractivity contribution in [2.75, 3.05) is 5.32 Å². The van der Waals surface area contributed by atoms with Crippen molar-refractivity contribution in [1.82, 2.24) is 0 Å². The Bertz CT molecular complexity index is 699. The number of hydrogen-bond acceptors (Lipinski definition) is 3. The summed E-state index contributed by atoms with van der Waals surface area (Å²) in [5, 5.41) is 13.5. The first-order chi connectivity index (χ1) is 10.0. The first kappa shape index (κ1) is 15.2. The van der Waals surface area contributed by atoms with Gasteiger partial charge in [-0.2, -0.15) is 0 Å². The molecule has 3 nitrogen and oxygen atoms in total. The average molecular weight is 431 g/mol. The number of fused-ring (bicyclic) bond motifs is 1. The summed E-state index contributed by atoms with van der Waals surface area (Å²) in [5.41, 5.74) is 3.64. The molecule has 2 heterocycles. The number of amides is 1. The summed E-state index contributed by atoms with van der Waals surface area (Å²) in [5.74, 6) is 0.0616. The van der Waals surface area contributed by atoms with Crippen LogP contribution in [-0.4, -0.2) is 11.0 Å². The smallest absolute Gasteiger partial charge is 0.224 e. The Hall–Kier alpha value is -0.690. The fourth-order valence-corrected chi connectivity index (χ4v) is 5.37. The number of aliphatic hydroxyl groups excluding tert-OH is 1. The highest BCUT2D eigenvalue weighted by Gasteiger charge is 2.19. The summed E-state index contributed by atoms with van der Waals surface area (Å²) in [6.07, 6.45) is 1.57. The van der Waals surface area contributed by atoms with Gasteiger partial charge in [-0.1, -0.05) is 12.1 Å². The van der Waals surface area contributed by atoms with Crippen LogP contribution < -0.4 is 5.32 Å². The topological polar surface area (TPSA) is 49.3 Å². The number of aryl methyl sites for hydroxylation is 1. The highest BCUT2D eigenvalue weighted by molar-refractivity contribution is 9.12. The van der Waals surface area contributed by atoms with Gasteiger partial charge in [0, 0.05) is 17.7 Å². The van der Waals surface area contributed by atoms with Crippen molar-refractivity contribution >= 4 is 54.8 Å². The number of rotatable bonds is 2. The fraction of sp³-hybridized carbons (Fsp3) is 0.267. The molecular weight excluding hydrogens is 418 g/mol. The molecule has 0 saturated carbocycles. The third-order valence-electron chi connectivity index (χ3n) is 3.55. The minimum Gasteiger partial charge on any atom is -0.384 e. The molecule has 3 rings (SSSR count). The molecule has 0 aliphatic carbocycles. The third-order valence-corrected chi connectivity index (χ3v) is 5.93. The molecule has 1 aromatic carbocycles. The largest absolute Gasteiger partial charge is 0.384 e. The Kier molecular flexibility index (Phi) is 4.49. The molecule has 1 atom stereocenters. The Morgan fingerprint density at radius 3 is 2.76 bits per heavy atom. The number of carbonyl (C=O) groups excluding carboxylic acids is 1. The van der Waals surface area contributed by atoms with E-state index in [1.54, 1.807) is 11.3 Å². The Morgan fingerprint density at radius 2 is 2.05 bits per heavy atom. The number of benzene rings is 1. The van der Waals surface area contributed by atoms with Crippen molar-refractivity contribution in [2.24, 2.45) is 0 Å². The second kappa shape index (κ2) is 6.20. The van der Waals surface area contributed by atoms with E-state index in [1.165, 1.54) is 0 Å². The van der Waals surface area contributed by atoms with Crippen LogP contribution in [0.5, 0.6) is 0 Å². The Morgan fingerprint density at radius 1 is 1.24 bits per heavy atom. The van der Waals surface area contributed by atoms with Gasteiger partial charge in [0.2, 0.25) is 5.91 Å². The van der Waals surface area contributed by atoms with Gasteiger partial charge < -0.3 is 10.4 Å².